The molecule has 0 aliphatic rings. The molecule has 0 heterocycles. The molecule has 0 aliphatic heterocycles. The third-order valence-corrected chi connectivity index (χ3v) is 5.88. The van der Waals surface area contributed by atoms with Crippen molar-refractivity contribution in [2.75, 3.05) is 17.1 Å². The average Bonchev–Trinajstić information content (AvgIpc) is 2.72. The van der Waals surface area contributed by atoms with E-state index < -0.39 is 22.0 Å². The van der Waals surface area contributed by atoms with Crippen molar-refractivity contribution < 1.29 is 17.9 Å². The zero-order valence-electron chi connectivity index (χ0n) is 16.0. The molecule has 0 aliphatic carbocycles. The minimum atomic E-state index is -3.83. The van der Waals surface area contributed by atoms with Crippen LogP contribution in [0.25, 0.3) is 0 Å². The maximum Gasteiger partial charge on any atom is 0.261 e. The summed E-state index contributed by atoms with van der Waals surface area (Å²) in [5.74, 6) is -0.253. The molecular formula is C21H20ClN3O4S. The van der Waals surface area contributed by atoms with Crippen LogP contribution >= 0.6 is 11.6 Å². The van der Waals surface area contributed by atoms with Crippen LogP contribution in [-0.4, -0.2) is 21.4 Å². The van der Waals surface area contributed by atoms with Gasteiger partial charge in [0, 0.05) is 22.0 Å². The van der Waals surface area contributed by atoms with Gasteiger partial charge in [0.15, 0.2) is 0 Å². The number of hydrogen-bond acceptors (Lipinski definition) is 5. The summed E-state index contributed by atoms with van der Waals surface area (Å²) in [6.45, 7) is 0. The van der Waals surface area contributed by atoms with Gasteiger partial charge in [0.1, 0.15) is 11.8 Å². The third-order valence-electron chi connectivity index (χ3n) is 4.27. The van der Waals surface area contributed by atoms with Crippen LogP contribution in [0.1, 0.15) is 11.6 Å². The first kappa shape index (κ1) is 21.5. The number of carbonyl (C=O) groups is 1. The SMILES string of the molecule is COc1ccc(Cl)cc1C(Nc1cccc(S(=O)(=O)Nc2ccccc2)c1)C(N)=O. The predicted molar refractivity (Wildman–Crippen MR) is 117 cm³/mol. The number of para-hydroxylation sites is 1. The van der Waals surface area contributed by atoms with E-state index >= 15 is 0 Å². The molecule has 0 fully saturated rings. The lowest BCUT2D eigenvalue weighted by Crippen LogP contribution is -2.28. The van der Waals surface area contributed by atoms with Gasteiger partial charge in [0.2, 0.25) is 5.91 Å². The van der Waals surface area contributed by atoms with Gasteiger partial charge in [-0.15, -0.1) is 0 Å². The molecule has 0 spiro atoms. The van der Waals surface area contributed by atoms with Crippen LogP contribution in [0.5, 0.6) is 5.75 Å². The highest BCUT2D eigenvalue weighted by molar-refractivity contribution is 7.92. The van der Waals surface area contributed by atoms with Gasteiger partial charge in [0.05, 0.1) is 12.0 Å². The summed E-state index contributed by atoms with van der Waals surface area (Å²) in [6.07, 6.45) is 0. The highest BCUT2D eigenvalue weighted by Gasteiger charge is 2.23. The molecule has 156 valence electrons. The molecule has 0 bridgehead atoms. The van der Waals surface area contributed by atoms with E-state index in [1.807, 2.05) is 0 Å². The molecular weight excluding hydrogens is 426 g/mol. The maximum absolute atomic E-state index is 12.7. The van der Waals surface area contributed by atoms with Gasteiger partial charge in [-0.3, -0.25) is 9.52 Å². The predicted octanol–water partition coefficient (Wildman–Crippen LogP) is 3.79. The Morgan fingerprint density at radius 2 is 1.70 bits per heavy atom. The lowest BCUT2D eigenvalue weighted by Gasteiger charge is -2.20. The second-order valence-electron chi connectivity index (χ2n) is 6.37. The molecule has 1 atom stereocenters. The summed E-state index contributed by atoms with van der Waals surface area (Å²) in [5, 5.41) is 3.37. The second kappa shape index (κ2) is 9.06. The quantitative estimate of drug-likeness (QED) is 0.488. The number of rotatable bonds is 8. The zero-order valence-corrected chi connectivity index (χ0v) is 17.6. The Balaban J connectivity index is 1.91. The number of anilines is 2. The minimum Gasteiger partial charge on any atom is -0.496 e. The fourth-order valence-corrected chi connectivity index (χ4v) is 4.16. The number of nitrogens with one attached hydrogen (secondary N) is 2. The van der Waals surface area contributed by atoms with Crippen molar-refractivity contribution in [3.8, 4) is 5.75 Å². The van der Waals surface area contributed by atoms with Gasteiger partial charge in [-0.25, -0.2) is 8.42 Å². The molecule has 0 radical (unpaired) electrons. The van der Waals surface area contributed by atoms with Gasteiger partial charge in [-0.05, 0) is 48.5 Å². The summed E-state index contributed by atoms with van der Waals surface area (Å²) in [4.78, 5) is 12.2. The highest BCUT2D eigenvalue weighted by Crippen LogP contribution is 2.31. The fourth-order valence-electron chi connectivity index (χ4n) is 2.87. The Labute approximate surface area is 179 Å². The van der Waals surface area contributed by atoms with Crippen molar-refractivity contribution in [3.05, 3.63) is 83.4 Å². The maximum atomic E-state index is 12.7. The number of nitrogens with two attached hydrogens (primary N) is 1. The Hall–Kier alpha value is -3.23. The number of halogens is 1. The molecule has 0 saturated heterocycles. The van der Waals surface area contributed by atoms with Crippen LogP contribution < -0.4 is 20.5 Å². The van der Waals surface area contributed by atoms with E-state index in [1.165, 1.54) is 19.2 Å². The normalized spacial score (nSPS) is 12.1. The van der Waals surface area contributed by atoms with Crippen molar-refractivity contribution in [3.63, 3.8) is 0 Å². The van der Waals surface area contributed by atoms with Crippen molar-refractivity contribution in [1.29, 1.82) is 0 Å². The summed E-state index contributed by atoms with van der Waals surface area (Å²) in [5.41, 5.74) is 6.85. The number of carbonyl (C=O) groups excluding carboxylic acids is 1. The van der Waals surface area contributed by atoms with Gasteiger partial charge in [0.25, 0.3) is 10.0 Å². The highest BCUT2D eigenvalue weighted by atomic mass is 35.5. The van der Waals surface area contributed by atoms with Gasteiger partial charge in [-0.2, -0.15) is 0 Å². The van der Waals surface area contributed by atoms with E-state index in [-0.39, 0.29) is 4.90 Å². The number of amides is 1. The average molecular weight is 446 g/mol. The summed E-state index contributed by atoms with van der Waals surface area (Å²) < 4.78 is 33.3. The standard InChI is InChI=1S/C21H20ClN3O4S/c1-29-19-11-10-14(22)12-18(19)20(21(23)26)24-16-8-5-9-17(13-16)30(27,28)25-15-6-3-2-4-7-15/h2-13,20,24-25H,1H3,(H2,23,26). The summed E-state index contributed by atoms with van der Waals surface area (Å²) in [6, 6.07) is 18.4. The van der Waals surface area contributed by atoms with Crippen LogP contribution in [0, 0.1) is 0 Å². The summed E-state index contributed by atoms with van der Waals surface area (Å²) >= 11 is 6.06. The van der Waals surface area contributed by atoms with Crippen molar-refractivity contribution in [2.45, 2.75) is 10.9 Å². The lowest BCUT2D eigenvalue weighted by atomic mass is 10.0. The molecule has 3 aromatic carbocycles. The molecule has 3 rings (SSSR count). The van der Waals surface area contributed by atoms with Crippen LogP contribution in [-0.2, 0) is 14.8 Å². The van der Waals surface area contributed by atoms with E-state index in [9.17, 15) is 13.2 Å². The smallest absolute Gasteiger partial charge is 0.261 e. The number of primary amides is 1. The first-order valence-electron chi connectivity index (χ1n) is 8.87. The first-order valence-corrected chi connectivity index (χ1v) is 10.7. The molecule has 9 heteroatoms. The third kappa shape index (κ3) is 5.03. The van der Waals surface area contributed by atoms with Gasteiger partial charge < -0.3 is 15.8 Å². The molecule has 0 saturated carbocycles. The van der Waals surface area contributed by atoms with Crippen LogP contribution in [0.3, 0.4) is 0 Å². The monoisotopic (exact) mass is 445 g/mol. The van der Waals surface area contributed by atoms with E-state index in [0.29, 0.717) is 27.7 Å². The molecule has 0 aromatic heterocycles. The van der Waals surface area contributed by atoms with Crippen molar-refractivity contribution in [2.24, 2.45) is 5.73 Å². The van der Waals surface area contributed by atoms with E-state index in [0.717, 1.165) is 0 Å². The van der Waals surface area contributed by atoms with Crippen LogP contribution in [0.4, 0.5) is 11.4 Å². The molecule has 7 nitrogen and oxygen atoms in total. The molecule has 1 unspecified atom stereocenters. The van der Waals surface area contributed by atoms with Crippen molar-refractivity contribution in [1.82, 2.24) is 0 Å². The number of benzene rings is 3. The summed E-state index contributed by atoms with van der Waals surface area (Å²) in [7, 11) is -2.36. The Kier molecular flexibility index (Phi) is 6.49. The first-order chi connectivity index (χ1) is 14.3. The Morgan fingerprint density at radius 3 is 2.37 bits per heavy atom. The number of methoxy groups -OCH3 is 1. The van der Waals surface area contributed by atoms with E-state index in [4.69, 9.17) is 22.1 Å². The van der Waals surface area contributed by atoms with Crippen LogP contribution in [0.15, 0.2) is 77.7 Å². The topological polar surface area (TPSA) is 111 Å². The number of hydrogen-bond donors (Lipinski definition) is 3. The second-order valence-corrected chi connectivity index (χ2v) is 8.48. The Morgan fingerprint density at radius 1 is 1.00 bits per heavy atom. The minimum absolute atomic E-state index is 0.0256. The molecule has 1 amide bonds. The molecule has 3 aromatic rings. The van der Waals surface area contributed by atoms with Gasteiger partial charge in [-0.1, -0.05) is 35.9 Å². The fraction of sp³-hybridized carbons (Fsp3) is 0.0952. The number of sulfonamides is 1. The molecule has 4 N–H and O–H groups in total. The zero-order chi connectivity index (χ0) is 21.7. The van der Waals surface area contributed by atoms with Crippen molar-refractivity contribution >= 4 is 38.9 Å². The van der Waals surface area contributed by atoms with E-state index in [1.54, 1.807) is 60.7 Å². The van der Waals surface area contributed by atoms with Gasteiger partial charge >= 0.3 is 0 Å². The Bertz CT molecular complexity index is 1150. The largest absolute Gasteiger partial charge is 0.496 e. The number of ether oxygens (including phenoxy) is 1. The molecule has 30 heavy (non-hydrogen) atoms. The lowest BCUT2D eigenvalue weighted by molar-refractivity contribution is -0.118. The van der Waals surface area contributed by atoms with E-state index in [2.05, 4.69) is 10.0 Å². The van der Waals surface area contributed by atoms with Crippen LogP contribution in [0.2, 0.25) is 5.02 Å².